The van der Waals surface area contributed by atoms with Gasteiger partial charge in [-0.1, -0.05) is 26.0 Å². The summed E-state index contributed by atoms with van der Waals surface area (Å²) in [5.74, 6) is -1.55. The zero-order valence-corrected chi connectivity index (χ0v) is 12.4. The first-order valence-electron chi connectivity index (χ1n) is 6.89. The fourth-order valence-electron chi connectivity index (χ4n) is 2.01. The maximum absolute atomic E-state index is 13.4. The largest absolute Gasteiger partial charge is 0.366 e. The first-order chi connectivity index (χ1) is 10.4. The van der Waals surface area contributed by atoms with Gasteiger partial charge in [0.25, 0.3) is 11.8 Å². The Labute approximate surface area is 128 Å². The third-order valence-corrected chi connectivity index (χ3v) is 3.33. The van der Waals surface area contributed by atoms with E-state index in [0.29, 0.717) is 17.2 Å². The molecule has 0 saturated heterocycles. The summed E-state index contributed by atoms with van der Waals surface area (Å²) in [7, 11) is 0. The van der Waals surface area contributed by atoms with Crippen molar-refractivity contribution in [3.63, 3.8) is 0 Å². The number of hydrogen-bond acceptors (Lipinski definition) is 2. The molecule has 4 nitrogen and oxygen atoms in total. The molecule has 0 aliphatic rings. The van der Waals surface area contributed by atoms with E-state index in [9.17, 15) is 14.0 Å². The standard InChI is InChI=1S/C17H17FN2O2/c1-10(2)11-3-5-12(6-4-11)17(22)20-13-7-8-15(18)14(9-13)16(19)21/h3-10H,1-2H3,(H2,19,21)(H,20,22). The molecule has 0 bridgehead atoms. The molecule has 2 rings (SSSR count). The van der Waals surface area contributed by atoms with Crippen molar-refractivity contribution in [3.8, 4) is 0 Å². The van der Waals surface area contributed by atoms with Crippen LogP contribution in [0, 0.1) is 5.82 Å². The van der Waals surface area contributed by atoms with Crippen LogP contribution in [0.5, 0.6) is 0 Å². The van der Waals surface area contributed by atoms with Crippen LogP contribution < -0.4 is 11.1 Å². The van der Waals surface area contributed by atoms with E-state index in [4.69, 9.17) is 5.73 Å². The molecule has 0 atom stereocenters. The molecule has 0 unspecified atom stereocenters. The van der Waals surface area contributed by atoms with Crippen LogP contribution in [0.4, 0.5) is 10.1 Å². The van der Waals surface area contributed by atoms with E-state index in [1.165, 1.54) is 12.1 Å². The summed E-state index contributed by atoms with van der Waals surface area (Å²) in [4.78, 5) is 23.2. The molecule has 0 fully saturated rings. The lowest BCUT2D eigenvalue weighted by Gasteiger charge is -2.09. The summed E-state index contributed by atoms with van der Waals surface area (Å²) >= 11 is 0. The average Bonchev–Trinajstić information content (AvgIpc) is 2.49. The van der Waals surface area contributed by atoms with Crippen molar-refractivity contribution < 1.29 is 14.0 Å². The zero-order valence-electron chi connectivity index (χ0n) is 12.4. The fourth-order valence-corrected chi connectivity index (χ4v) is 2.01. The first kappa shape index (κ1) is 15.7. The summed E-state index contributed by atoms with van der Waals surface area (Å²) in [6.45, 7) is 4.14. The van der Waals surface area contributed by atoms with Crippen LogP contribution in [0.2, 0.25) is 0 Å². The number of carbonyl (C=O) groups excluding carboxylic acids is 2. The molecular formula is C17H17FN2O2. The Balaban J connectivity index is 2.18. The smallest absolute Gasteiger partial charge is 0.255 e. The predicted molar refractivity (Wildman–Crippen MR) is 83.4 cm³/mol. The molecule has 2 amide bonds. The number of halogens is 1. The van der Waals surface area contributed by atoms with Gasteiger partial charge >= 0.3 is 0 Å². The molecule has 0 aliphatic carbocycles. The van der Waals surface area contributed by atoms with E-state index in [1.807, 2.05) is 12.1 Å². The second-order valence-corrected chi connectivity index (χ2v) is 5.29. The van der Waals surface area contributed by atoms with Gasteiger partial charge in [0, 0.05) is 11.3 Å². The Morgan fingerprint density at radius 2 is 1.73 bits per heavy atom. The van der Waals surface area contributed by atoms with Crippen molar-refractivity contribution in [3.05, 3.63) is 65.0 Å². The Hall–Kier alpha value is -2.69. The second-order valence-electron chi connectivity index (χ2n) is 5.29. The number of nitrogens with one attached hydrogen (secondary N) is 1. The molecule has 114 valence electrons. The van der Waals surface area contributed by atoms with E-state index >= 15 is 0 Å². The molecule has 0 heterocycles. The van der Waals surface area contributed by atoms with E-state index in [2.05, 4.69) is 19.2 Å². The lowest BCUT2D eigenvalue weighted by Crippen LogP contribution is -2.16. The molecule has 0 spiro atoms. The Bertz CT molecular complexity index is 709. The maximum atomic E-state index is 13.4. The zero-order chi connectivity index (χ0) is 16.3. The fraction of sp³-hybridized carbons (Fsp3) is 0.176. The molecule has 0 radical (unpaired) electrons. The number of nitrogens with two attached hydrogens (primary N) is 1. The van der Waals surface area contributed by atoms with Crippen LogP contribution in [0.25, 0.3) is 0 Å². The van der Waals surface area contributed by atoms with Crippen molar-refractivity contribution in [1.29, 1.82) is 0 Å². The normalized spacial score (nSPS) is 10.5. The molecule has 2 aromatic rings. The number of hydrogen-bond donors (Lipinski definition) is 2. The van der Waals surface area contributed by atoms with Gasteiger partial charge < -0.3 is 11.1 Å². The van der Waals surface area contributed by atoms with Gasteiger partial charge in [0.1, 0.15) is 5.82 Å². The topological polar surface area (TPSA) is 72.2 Å². The third-order valence-electron chi connectivity index (χ3n) is 3.33. The Morgan fingerprint density at radius 3 is 2.27 bits per heavy atom. The number of rotatable bonds is 4. The van der Waals surface area contributed by atoms with Crippen molar-refractivity contribution in [2.75, 3.05) is 5.32 Å². The van der Waals surface area contributed by atoms with E-state index in [0.717, 1.165) is 11.6 Å². The number of anilines is 1. The van der Waals surface area contributed by atoms with Gasteiger partial charge in [-0.15, -0.1) is 0 Å². The summed E-state index contributed by atoms with van der Waals surface area (Å²) < 4.78 is 13.4. The van der Waals surface area contributed by atoms with Crippen molar-refractivity contribution in [1.82, 2.24) is 0 Å². The second kappa shape index (κ2) is 6.39. The Morgan fingerprint density at radius 1 is 1.09 bits per heavy atom. The number of benzene rings is 2. The molecule has 5 heteroatoms. The average molecular weight is 300 g/mol. The molecule has 22 heavy (non-hydrogen) atoms. The van der Waals surface area contributed by atoms with Crippen molar-refractivity contribution in [2.45, 2.75) is 19.8 Å². The number of carbonyl (C=O) groups is 2. The highest BCUT2D eigenvalue weighted by atomic mass is 19.1. The SMILES string of the molecule is CC(C)c1ccc(C(=O)Nc2ccc(F)c(C(N)=O)c2)cc1. The minimum atomic E-state index is -0.880. The molecule has 0 aliphatic heterocycles. The summed E-state index contributed by atoms with van der Waals surface area (Å²) in [6.07, 6.45) is 0. The van der Waals surface area contributed by atoms with Gasteiger partial charge in [-0.3, -0.25) is 9.59 Å². The first-order valence-corrected chi connectivity index (χ1v) is 6.89. The highest BCUT2D eigenvalue weighted by Crippen LogP contribution is 2.17. The summed E-state index contributed by atoms with van der Waals surface area (Å²) in [5.41, 5.74) is 6.75. The van der Waals surface area contributed by atoms with Crippen molar-refractivity contribution >= 4 is 17.5 Å². The van der Waals surface area contributed by atoms with E-state index in [1.54, 1.807) is 12.1 Å². The molecule has 3 N–H and O–H groups in total. The number of amides is 2. The molecule has 0 saturated carbocycles. The van der Waals surface area contributed by atoms with Gasteiger partial charge in [0.15, 0.2) is 0 Å². The minimum Gasteiger partial charge on any atom is -0.366 e. The van der Waals surface area contributed by atoms with Crippen LogP contribution in [0.1, 0.15) is 46.0 Å². The monoisotopic (exact) mass is 300 g/mol. The van der Waals surface area contributed by atoms with Crippen LogP contribution in [-0.2, 0) is 0 Å². The van der Waals surface area contributed by atoms with Gasteiger partial charge in [-0.05, 0) is 41.8 Å². The van der Waals surface area contributed by atoms with Gasteiger partial charge in [0.2, 0.25) is 0 Å². The predicted octanol–water partition coefficient (Wildman–Crippen LogP) is 3.30. The summed E-state index contributed by atoms with van der Waals surface area (Å²) in [5, 5.41) is 2.62. The number of primary amides is 1. The lowest BCUT2D eigenvalue weighted by atomic mass is 10.0. The molecular weight excluding hydrogens is 283 g/mol. The highest BCUT2D eigenvalue weighted by Gasteiger charge is 2.12. The van der Waals surface area contributed by atoms with Crippen molar-refractivity contribution in [2.24, 2.45) is 5.73 Å². The summed E-state index contributed by atoms with van der Waals surface area (Å²) in [6, 6.07) is 10.9. The van der Waals surface area contributed by atoms with Crippen LogP contribution in [-0.4, -0.2) is 11.8 Å². The van der Waals surface area contributed by atoms with Gasteiger partial charge in [-0.2, -0.15) is 0 Å². The molecule has 0 aromatic heterocycles. The minimum absolute atomic E-state index is 0.257. The quantitative estimate of drug-likeness (QED) is 0.909. The molecule has 2 aromatic carbocycles. The van der Waals surface area contributed by atoms with E-state index < -0.39 is 11.7 Å². The third kappa shape index (κ3) is 3.49. The van der Waals surface area contributed by atoms with Gasteiger partial charge in [-0.25, -0.2) is 4.39 Å². The van der Waals surface area contributed by atoms with Crippen LogP contribution >= 0.6 is 0 Å². The van der Waals surface area contributed by atoms with E-state index in [-0.39, 0.29) is 11.5 Å². The maximum Gasteiger partial charge on any atom is 0.255 e. The Kier molecular flexibility index (Phi) is 4.56. The van der Waals surface area contributed by atoms with Crippen LogP contribution in [0.15, 0.2) is 42.5 Å². The highest BCUT2D eigenvalue weighted by molar-refractivity contribution is 6.05. The lowest BCUT2D eigenvalue weighted by molar-refractivity contribution is 0.0992. The van der Waals surface area contributed by atoms with Gasteiger partial charge in [0.05, 0.1) is 5.56 Å². The van der Waals surface area contributed by atoms with Crippen LogP contribution in [0.3, 0.4) is 0 Å².